The second-order valence-corrected chi connectivity index (χ2v) is 6.59. The number of carbonyl (C=O) groups is 2. The highest BCUT2D eigenvalue weighted by Crippen LogP contribution is 2.28. The van der Waals surface area contributed by atoms with Crippen LogP contribution in [0.15, 0.2) is 36.4 Å². The minimum absolute atomic E-state index is 0.163. The van der Waals surface area contributed by atoms with Crippen LogP contribution in [0.5, 0.6) is 5.75 Å². The fraction of sp³-hybridized carbons (Fsp3) is 0.125. The van der Waals surface area contributed by atoms with Gasteiger partial charge in [-0.3, -0.25) is 20.4 Å². The average molecular weight is 422 g/mol. The van der Waals surface area contributed by atoms with Crippen molar-refractivity contribution in [3.05, 3.63) is 62.1 Å². The quantitative estimate of drug-likeness (QED) is 0.712. The van der Waals surface area contributed by atoms with Gasteiger partial charge in [0.25, 0.3) is 11.8 Å². The summed E-state index contributed by atoms with van der Waals surface area (Å²) >= 11 is 23.5. The van der Waals surface area contributed by atoms with Gasteiger partial charge >= 0.3 is 0 Å². The number of halogens is 4. The Kier molecular flexibility index (Phi) is 6.79. The first kappa shape index (κ1) is 19.7. The lowest BCUT2D eigenvalue weighted by molar-refractivity contribution is -0.128. The Balaban J connectivity index is 1.93. The number of hydrogen-bond acceptors (Lipinski definition) is 3. The number of benzene rings is 2. The van der Waals surface area contributed by atoms with E-state index in [0.29, 0.717) is 15.8 Å². The van der Waals surface area contributed by atoms with Gasteiger partial charge < -0.3 is 4.74 Å². The maximum Gasteiger partial charge on any atom is 0.279 e. The lowest BCUT2D eigenvalue weighted by atomic mass is 10.2. The number of hydrogen-bond donors (Lipinski definition) is 2. The molecule has 5 nitrogen and oxygen atoms in total. The van der Waals surface area contributed by atoms with Gasteiger partial charge in [0.2, 0.25) is 0 Å². The predicted octanol–water partition coefficient (Wildman–Crippen LogP) is 4.53. The van der Waals surface area contributed by atoms with E-state index >= 15 is 0 Å². The molecule has 0 saturated heterocycles. The molecule has 1 atom stereocenters. The van der Waals surface area contributed by atoms with Crippen LogP contribution < -0.4 is 15.6 Å². The van der Waals surface area contributed by atoms with Gasteiger partial charge in [-0.2, -0.15) is 0 Å². The number of ether oxygens (including phenoxy) is 1. The molecule has 2 N–H and O–H groups in total. The highest BCUT2D eigenvalue weighted by Gasteiger charge is 2.18. The molecule has 2 aromatic rings. The molecule has 0 aliphatic heterocycles. The topological polar surface area (TPSA) is 67.4 Å². The van der Waals surface area contributed by atoms with Gasteiger partial charge in [0.05, 0.1) is 15.6 Å². The first-order valence-corrected chi connectivity index (χ1v) is 8.46. The molecule has 2 amide bonds. The zero-order valence-corrected chi connectivity index (χ0v) is 15.8. The molecule has 0 fully saturated rings. The molecule has 0 aromatic heterocycles. The van der Waals surface area contributed by atoms with Gasteiger partial charge in [0.15, 0.2) is 6.10 Å². The van der Waals surface area contributed by atoms with Gasteiger partial charge in [0.1, 0.15) is 5.75 Å². The third kappa shape index (κ3) is 5.41. The summed E-state index contributed by atoms with van der Waals surface area (Å²) in [4.78, 5) is 24.1. The van der Waals surface area contributed by atoms with Crippen molar-refractivity contribution < 1.29 is 14.3 Å². The largest absolute Gasteiger partial charge is 0.479 e. The highest BCUT2D eigenvalue weighted by molar-refractivity contribution is 6.37. The molecule has 25 heavy (non-hydrogen) atoms. The van der Waals surface area contributed by atoms with E-state index in [1.807, 2.05) is 0 Å². The van der Waals surface area contributed by atoms with E-state index in [9.17, 15) is 9.59 Å². The maximum atomic E-state index is 12.0. The van der Waals surface area contributed by atoms with E-state index in [0.717, 1.165) is 0 Å². The minimum Gasteiger partial charge on any atom is -0.479 e. The Bertz CT molecular complexity index is 814. The predicted molar refractivity (Wildman–Crippen MR) is 98.6 cm³/mol. The van der Waals surface area contributed by atoms with E-state index < -0.39 is 17.9 Å². The molecule has 0 bridgehead atoms. The third-order valence-corrected chi connectivity index (χ3v) is 4.12. The smallest absolute Gasteiger partial charge is 0.279 e. The molecule has 0 aliphatic rings. The van der Waals surface area contributed by atoms with Crippen LogP contribution in [0.1, 0.15) is 17.3 Å². The second kappa shape index (κ2) is 8.63. The molecular formula is C16H12Cl4N2O3. The van der Waals surface area contributed by atoms with Gasteiger partial charge in [-0.05, 0) is 43.3 Å². The first-order chi connectivity index (χ1) is 11.8. The van der Waals surface area contributed by atoms with Crippen molar-refractivity contribution in [1.29, 1.82) is 0 Å². The molecule has 9 heteroatoms. The van der Waals surface area contributed by atoms with E-state index in [4.69, 9.17) is 51.1 Å². The molecule has 0 heterocycles. The summed E-state index contributed by atoms with van der Waals surface area (Å²) in [5.41, 5.74) is 4.67. The van der Waals surface area contributed by atoms with Crippen LogP contribution in [0, 0.1) is 0 Å². The summed E-state index contributed by atoms with van der Waals surface area (Å²) in [6.07, 6.45) is -0.917. The minimum atomic E-state index is -0.917. The molecule has 0 radical (unpaired) electrons. The average Bonchev–Trinajstić information content (AvgIpc) is 2.54. The second-order valence-electron chi connectivity index (χ2n) is 4.90. The third-order valence-electron chi connectivity index (χ3n) is 3.04. The Labute approximate surface area is 164 Å². The van der Waals surface area contributed by atoms with Crippen LogP contribution >= 0.6 is 46.4 Å². The standard InChI is InChI=1S/C16H12Cl4N2O3/c1-8(25-14-5-3-10(18)7-13(14)20)15(23)21-22-16(24)11-4-2-9(17)6-12(11)19/h2-8H,1H3,(H,21,23)(H,22,24)/t8-/m1/s1. The van der Waals surface area contributed by atoms with Gasteiger partial charge in [-0.15, -0.1) is 0 Å². The maximum absolute atomic E-state index is 12.0. The number of rotatable bonds is 4. The zero-order chi connectivity index (χ0) is 18.6. The highest BCUT2D eigenvalue weighted by atomic mass is 35.5. The van der Waals surface area contributed by atoms with Crippen LogP contribution in [0.4, 0.5) is 0 Å². The van der Waals surface area contributed by atoms with Crippen molar-refractivity contribution in [2.45, 2.75) is 13.0 Å². The van der Waals surface area contributed by atoms with E-state index in [1.165, 1.54) is 31.2 Å². The van der Waals surface area contributed by atoms with E-state index in [1.54, 1.807) is 12.1 Å². The number of carbonyl (C=O) groups excluding carboxylic acids is 2. The van der Waals surface area contributed by atoms with Crippen LogP contribution in [-0.2, 0) is 4.79 Å². The zero-order valence-electron chi connectivity index (χ0n) is 12.8. The van der Waals surface area contributed by atoms with Crippen molar-refractivity contribution in [1.82, 2.24) is 10.9 Å². The monoisotopic (exact) mass is 420 g/mol. The van der Waals surface area contributed by atoms with Crippen molar-refractivity contribution >= 4 is 58.2 Å². The Morgan fingerprint density at radius 3 is 2.12 bits per heavy atom. The van der Waals surface area contributed by atoms with E-state index in [2.05, 4.69) is 10.9 Å². The summed E-state index contributed by atoms with van der Waals surface area (Å²) in [5.74, 6) is -0.878. The first-order valence-electron chi connectivity index (χ1n) is 6.95. The van der Waals surface area contributed by atoms with Crippen molar-refractivity contribution in [3.8, 4) is 5.75 Å². The fourth-order valence-electron chi connectivity index (χ4n) is 1.78. The number of hydrazine groups is 1. The fourth-order valence-corrected chi connectivity index (χ4v) is 2.72. The Morgan fingerprint density at radius 1 is 0.920 bits per heavy atom. The van der Waals surface area contributed by atoms with Crippen molar-refractivity contribution in [3.63, 3.8) is 0 Å². The molecular weight excluding hydrogens is 410 g/mol. The van der Waals surface area contributed by atoms with Crippen molar-refractivity contribution in [2.24, 2.45) is 0 Å². The number of nitrogens with one attached hydrogen (secondary N) is 2. The summed E-state index contributed by atoms with van der Waals surface area (Å²) in [6.45, 7) is 1.50. The summed E-state index contributed by atoms with van der Waals surface area (Å²) in [6, 6.07) is 9.00. The van der Waals surface area contributed by atoms with E-state index in [-0.39, 0.29) is 15.6 Å². The SMILES string of the molecule is C[C@@H](Oc1ccc(Cl)cc1Cl)C(=O)NNC(=O)c1ccc(Cl)cc1Cl. The summed E-state index contributed by atoms with van der Waals surface area (Å²) in [5, 5.41) is 1.27. The molecule has 2 aromatic carbocycles. The molecule has 0 unspecified atom stereocenters. The van der Waals surface area contributed by atoms with Crippen LogP contribution in [0.3, 0.4) is 0 Å². The Morgan fingerprint density at radius 2 is 1.52 bits per heavy atom. The van der Waals surface area contributed by atoms with Gasteiger partial charge in [-0.25, -0.2) is 0 Å². The van der Waals surface area contributed by atoms with Gasteiger partial charge in [0, 0.05) is 10.0 Å². The summed E-state index contributed by atoms with van der Waals surface area (Å²) in [7, 11) is 0. The van der Waals surface area contributed by atoms with Crippen LogP contribution in [0.25, 0.3) is 0 Å². The molecule has 0 saturated carbocycles. The molecule has 132 valence electrons. The van der Waals surface area contributed by atoms with Crippen molar-refractivity contribution in [2.75, 3.05) is 0 Å². The van der Waals surface area contributed by atoms with Crippen LogP contribution in [-0.4, -0.2) is 17.9 Å². The lowest BCUT2D eigenvalue weighted by Gasteiger charge is -2.16. The van der Waals surface area contributed by atoms with Crippen LogP contribution in [0.2, 0.25) is 20.1 Å². The lowest BCUT2D eigenvalue weighted by Crippen LogP contribution is -2.47. The summed E-state index contributed by atoms with van der Waals surface area (Å²) < 4.78 is 5.44. The van der Waals surface area contributed by atoms with Gasteiger partial charge in [-0.1, -0.05) is 46.4 Å². The normalized spacial score (nSPS) is 11.6. The molecule has 2 rings (SSSR count). The molecule has 0 aliphatic carbocycles. The molecule has 0 spiro atoms. The number of amides is 2. The Hall–Kier alpha value is -1.66.